The SMILES string of the molecule is CCOC(=O)Cn1cnc(NC(=O)c2cccc(O)c2C(=O)O)c1. The van der Waals surface area contributed by atoms with Crippen LogP contribution in [0.4, 0.5) is 5.82 Å². The number of rotatable bonds is 6. The Morgan fingerprint density at radius 1 is 1.33 bits per heavy atom. The summed E-state index contributed by atoms with van der Waals surface area (Å²) in [6, 6.07) is 3.80. The number of nitrogens with zero attached hydrogens (tertiary/aromatic N) is 2. The molecule has 1 amide bonds. The number of benzene rings is 1. The van der Waals surface area contributed by atoms with E-state index in [0.29, 0.717) is 0 Å². The maximum absolute atomic E-state index is 12.2. The van der Waals surface area contributed by atoms with Crippen molar-refractivity contribution >= 4 is 23.7 Å². The van der Waals surface area contributed by atoms with Crippen LogP contribution in [0, 0.1) is 0 Å². The van der Waals surface area contributed by atoms with Crippen molar-refractivity contribution in [2.24, 2.45) is 0 Å². The van der Waals surface area contributed by atoms with E-state index in [2.05, 4.69) is 10.3 Å². The maximum Gasteiger partial charge on any atom is 0.340 e. The molecule has 0 aliphatic heterocycles. The molecule has 126 valence electrons. The van der Waals surface area contributed by atoms with E-state index in [4.69, 9.17) is 9.84 Å². The number of carboxylic acids is 1. The number of phenols is 1. The molecule has 1 aromatic carbocycles. The fourth-order valence-corrected chi connectivity index (χ4v) is 2.00. The van der Waals surface area contributed by atoms with Gasteiger partial charge in [0.05, 0.1) is 18.5 Å². The Labute approximate surface area is 136 Å². The molecular formula is C15H15N3O6. The Morgan fingerprint density at radius 3 is 2.75 bits per heavy atom. The van der Waals surface area contributed by atoms with E-state index in [-0.39, 0.29) is 24.5 Å². The highest BCUT2D eigenvalue weighted by atomic mass is 16.5. The Kier molecular flexibility index (Phi) is 5.15. The number of carbonyl (C=O) groups is 3. The van der Waals surface area contributed by atoms with Crippen molar-refractivity contribution < 1.29 is 29.3 Å². The maximum atomic E-state index is 12.2. The molecule has 24 heavy (non-hydrogen) atoms. The van der Waals surface area contributed by atoms with Gasteiger partial charge < -0.3 is 24.8 Å². The van der Waals surface area contributed by atoms with Gasteiger partial charge in [-0.05, 0) is 19.1 Å². The predicted molar refractivity (Wildman–Crippen MR) is 81.9 cm³/mol. The normalized spacial score (nSPS) is 10.2. The van der Waals surface area contributed by atoms with Gasteiger partial charge in [-0.2, -0.15) is 0 Å². The number of hydrogen-bond acceptors (Lipinski definition) is 6. The fourth-order valence-electron chi connectivity index (χ4n) is 2.00. The van der Waals surface area contributed by atoms with Gasteiger partial charge in [0.25, 0.3) is 5.91 Å². The van der Waals surface area contributed by atoms with Crippen molar-refractivity contribution in [2.45, 2.75) is 13.5 Å². The number of ether oxygens (including phenoxy) is 1. The number of hydrogen-bond donors (Lipinski definition) is 3. The average Bonchev–Trinajstić information content (AvgIpc) is 2.93. The van der Waals surface area contributed by atoms with Gasteiger partial charge in [0, 0.05) is 6.20 Å². The lowest BCUT2D eigenvalue weighted by atomic mass is 10.1. The Bertz CT molecular complexity index is 783. The van der Waals surface area contributed by atoms with Crippen molar-refractivity contribution in [2.75, 3.05) is 11.9 Å². The van der Waals surface area contributed by atoms with Crippen LogP contribution in [0.15, 0.2) is 30.7 Å². The highest BCUT2D eigenvalue weighted by molar-refractivity contribution is 6.11. The van der Waals surface area contributed by atoms with Crippen molar-refractivity contribution in [3.8, 4) is 5.75 Å². The summed E-state index contributed by atoms with van der Waals surface area (Å²) < 4.78 is 6.20. The first kappa shape index (κ1) is 17.0. The topological polar surface area (TPSA) is 131 Å². The number of anilines is 1. The molecule has 0 atom stereocenters. The number of amides is 1. The van der Waals surface area contributed by atoms with Gasteiger partial charge in [-0.3, -0.25) is 9.59 Å². The number of esters is 1. The van der Waals surface area contributed by atoms with Gasteiger partial charge in [-0.15, -0.1) is 0 Å². The number of aromatic nitrogens is 2. The second kappa shape index (κ2) is 7.27. The highest BCUT2D eigenvalue weighted by Gasteiger charge is 2.21. The van der Waals surface area contributed by atoms with Crippen LogP contribution in [0.5, 0.6) is 5.75 Å². The van der Waals surface area contributed by atoms with Crippen LogP contribution in [0.2, 0.25) is 0 Å². The molecule has 2 rings (SSSR count). The van der Waals surface area contributed by atoms with Crippen molar-refractivity contribution in [3.05, 3.63) is 41.9 Å². The van der Waals surface area contributed by atoms with Gasteiger partial charge in [-0.1, -0.05) is 6.07 Å². The van der Waals surface area contributed by atoms with Crippen LogP contribution in [-0.2, 0) is 16.1 Å². The van der Waals surface area contributed by atoms with Gasteiger partial charge in [0.2, 0.25) is 0 Å². The minimum absolute atomic E-state index is 0.0663. The number of aromatic hydroxyl groups is 1. The Hall–Kier alpha value is -3.36. The van der Waals surface area contributed by atoms with Crippen LogP contribution in [0.25, 0.3) is 0 Å². The summed E-state index contributed by atoms with van der Waals surface area (Å²) in [5.41, 5.74) is -0.705. The number of carboxylic acid groups (broad SMARTS) is 1. The number of imidazole rings is 1. The molecule has 0 bridgehead atoms. The molecule has 2 aromatic rings. The molecular weight excluding hydrogens is 318 g/mol. The van der Waals surface area contributed by atoms with Crippen LogP contribution in [-0.4, -0.2) is 44.2 Å². The first-order valence-electron chi connectivity index (χ1n) is 6.96. The quantitative estimate of drug-likeness (QED) is 0.675. The summed E-state index contributed by atoms with van der Waals surface area (Å²) in [4.78, 5) is 38.7. The van der Waals surface area contributed by atoms with Gasteiger partial charge in [-0.25, -0.2) is 9.78 Å². The van der Waals surface area contributed by atoms with Gasteiger partial charge in [0.1, 0.15) is 17.9 Å². The zero-order valence-electron chi connectivity index (χ0n) is 12.7. The second-order valence-electron chi connectivity index (χ2n) is 4.70. The van der Waals surface area contributed by atoms with Crippen molar-refractivity contribution in [1.29, 1.82) is 0 Å². The van der Waals surface area contributed by atoms with Crippen LogP contribution in [0.3, 0.4) is 0 Å². The van der Waals surface area contributed by atoms with Crippen LogP contribution >= 0.6 is 0 Å². The molecule has 9 heteroatoms. The van der Waals surface area contributed by atoms with Crippen LogP contribution < -0.4 is 5.32 Å². The minimum atomic E-state index is -1.42. The number of carbonyl (C=O) groups excluding carboxylic acids is 2. The third kappa shape index (κ3) is 3.88. The van der Waals surface area contributed by atoms with Crippen molar-refractivity contribution in [3.63, 3.8) is 0 Å². The first-order valence-corrected chi connectivity index (χ1v) is 6.96. The summed E-state index contributed by atoms with van der Waals surface area (Å²) in [5.74, 6) is -3.00. The molecule has 0 fully saturated rings. The van der Waals surface area contributed by atoms with Gasteiger partial charge in [0.15, 0.2) is 5.82 Å². The monoisotopic (exact) mass is 333 g/mol. The Balaban J connectivity index is 2.14. The summed E-state index contributed by atoms with van der Waals surface area (Å²) in [6.07, 6.45) is 2.73. The minimum Gasteiger partial charge on any atom is -0.507 e. The lowest BCUT2D eigenvalue weighted by Gasteiger charge is -2.07. The lowest BCUT2D eigenvalue weighted by Crippen LogP contribution is -2.17. The molecule has 3 N–H and O–H groups in total. The average molecular weight is 333 g/mol. The zero-order valence-corrected chi connectivity index (χ0v) is 12.7. The van der Waals surface area contributed by atoms with E-state index in [1.54, 1.807) is 6.92 Å². The molecule has 0 saturated heterocycles. The van der Waals surface area contributed by atoms with E-state index >= 15 is 0 Å². The molecule has 0 aliphatic rings. The lowest BCUT2D eigenvalue weighted by molar-refractivity contribution is -0.143. The third-order valence-electron chi connectivity index (χ3n) is 2.99. The largest absolute Gasteiger partial charge is 0.507 e. The molecule has 9 nitrogen and oxygen atoms in total. The van der Waals surface area contributed by atoms with E-state index in [1.807, 2.05) is 0 Å². The summed E-state index contributed by atoms with van der Waals surface area (Å²) in [5, 5.41) is 21.1. The second-order valence-corrected chi connectivity index (χ2v) is 4.70. The predicted octanol–water partition coefficient (Wildman–Crippen LogP) is 1.10. The molecule has 1 aromatic heterocycles. The molecule has 0 aliphatic carbocycles. The molecule has 0 saturated carbocycles. The molecule has 0 spiro atoms. The van der Waals surface area contributed by atoms with E-state index < -0.39 is 29.2 Å². The van der Waals surface area contributed by atoms with E-state index in [0.717, 1.165) is 0 Å². The number of aromatic carboxylic acids is 1. The molecule has 0 radical (unpaired) electrons. The third-order valence-corrected chi connectivity index (χ3v) is 2.99. The van der Waals surface area contributed by atoms with Crippen LogP contribution in [0.1, 0.15) is 27.6 Å². The highest BCUT2D eigenvalue weighted by Crippen LogP contribution is 2.21. The summed E-state index contributed by atoms with van der Waals surface area (Å²) >= 11 is 0. The summed E-state index contributed by atoms with van der Waals surface area (Å²) in [7, 11) is 0. The number of nitrogens with one attached hydrogen (secondary N) is 1. The Morgan fingerprint density at radius 2 is 2.08 bits per heavy atom. The molecule has 0 unspecified atom stereocenters. The van der Waals surface area contributed by atoms with E-state index in [1.165, 1.54) is 35.3 Å². The standard InChI is InChI=1S/C15H15N3O6/c1-2-24-12(20)7-18-6-11(16-8-18)17-14(21)9-4-3-5-10(19)13(9)15(22)23/h3-6,8,19H,2,7H2,1H3,(H,17,21)(H,22,23). The van der Waals surface area contributed by atoms with Gasteiger partial charge >= 0.3 is 11.9 Å². The first-order chi connectivity index (χ1) is 11.4. The van der Waals surface area contributed by atoms with E-state index in [9.17, 15) is 19.5 Å². The zero-order chi connectivity index (χ0) is 17.7. The fraction of sp³-hybridized carbons (Fsp3) is 0.200. The smallest absolute Gasteiger partial charge is 0.340 e. The van der Waals surface area contributed by atoms with Crippen molar-refractivity contribution in [1.82, 2.24) is 9.55 Å². The summed E-state index contributed by atoms with van der Waals surface area (Å²) in [6.45, 7) is 1.88. The molecule has 1 heterocycles.